The smallest absolute Gasteiger partial charge is 0.412 e. The largest absolute Gasteiger partial charge is 0.444 e. The van der Waals surface area contributed by atoms with Gasteiger partial charge >= 0.3 is 6.09 Å². The Morgan fingerprint density at radius 3 is 1.97 bits per heavy atom. The molecule has 1 aromatic rings. The SMILES string of the molecule is CCCC[P+](CCCC)(CCCC)C1CCN(c2ccc(NC(=O)OC(C)(C)C)cc2)C1=O. The molecule has 0 aromatic heterocycles. The van der Waals surface area contributed by atoms with Gasteiger partial charge in [-0.1, -0.05) is 40.0 Å². The standard InChI is InChI=1S/C27H45N2O3P/c1-7-10-19-33(20-11-8-2,21-12-9-3)24-17-18-29(25(24)30)23-15-13-22(14-16-23)28-26(31)32-27(4,5)6/h13-16,24H,7-12,17-21H2,1-6H3/p+1. The first-order chi connectivity index (χ1) is 15.7. The predicted octanol–water partition coefficient (Wildman–Crippen LogP) is 7.56. The third kappa shape index (κ3) is 7.98. The van der Waals surface area contributed by atoms with Crippen molar-refractivity contribution in [3.63, 3.8) is 0 Å². The Balaban J connectivity index is 2.15. The second-order valence-electron chi connectivity index (χ2n) is 10.4. The van der Waals surface area contributed by atoms with Gasteiger partial charge < -0.3 is 9.64 Å². The summed E-state index contributed by atoms with van der Waals surface area (Å²) < 4.78 is 5.33. The van der Waals surface area contributed by atoms with E-state index in [4.69, 9.17) is 4.74 Å². The number of nitrogens with one attached hydrogen (secondary N) is 1. The van der Waals surface area contributed by atoms with Gasteiger partial charge in [-0.3, -0.25) is 10.1 Å². The van der Waals surface area contributed by atoms with Gasteiger partial charge in [-0.2, -0.15) is 0 Å². The van der Waals surface area contributed by atoms with Crippen LogP contribution in [0.4, 0.5) is 16.2 Å². The molecule has 0 aliphatic carbocycles. The number of unbranched alkanes of at least 4 members (excludes halogenated alkanes) is 3. The molecule has 1 aromatic carbocycles. The van der Waals surface area contributed by atoms with Gasteiger partial charge in [0.2, 0.25) is 0 Å². The van der Waals surface area contributed by atoms with Crippen molar-refractivity contribution < 1.29 is 14.3 Å². The molecule has 2 rings (SSSR count). The lowest BCUT2D eigenvalue weighted by molar-refractivity contribution is -0.116. The highest BCUT2D eigenvalue weighted by molar-refractivity contribution is 7.77. The number of hydrogen-bond donors (Lipinski definition) is 1. The average molecular weight is 478 g/mol. The van der Waals surface area contributed by atoms with Gasteiger partial charge in [-0.25, -0.2) is 4.79 Å². The highest BCUT2D eigenvalue weighted by Crippen LogP contribution is 2.67. The topological polar surface area (TPSA) is 58.6 Å². The Hall–Kier alpha value is -1.61. The molecule has 0 spiro atoms. The van der Waals surface area contributed by atoms with Crippen molar-refractivity contribution in [2.75, 3.05) is 35.2 Å². The van der Waals surface area contributed by atoms with E-state index in [0.29, 0.717) is 11.6 Å². The van der Waals surface area contributed by atoms with Crippen LogP contribution in [0.2, 0.25) is 0 Å². The maximum atomic E-state index is 13.7. The first-order valence-corrected chi connectivity index (χ1v) is 15.3. The van der Waals surface area contributed by atoms with E-state index in [1.54, 1.807) is 0 Å². The molecule has 6 heteroatoms. The monoisotopic (exact) mass is 477 g/mol. The second kappa shape index (κ2) is 12.7. The molecule has 1 saturated heterocycles. The molecule has 0 saturated carbocycles. The molecular weight excluding hydrogens is 431 g/mol. The first kappa shape index (κ1) is 27.6. The molecule has 0 radical (unpaired) electrons. The Morgan fingerprint density at radius 1 is 1.00 bits per heavy atom. The van der Waals surface area contributed by atoms with Gasteiger partial charge in [0.1, 0.15) is 11.3 Å². The zero-order chi connectivity index (χ0) is 24.5. The highest BCUT2D eigenvalue weighted by atomic mass is 31.2. The van der Waals surface area contributed by atoms with Crippen LogP contribution in [-0.4, -0.2) is 48.3 Å². The lowest BCUT2D eigenvalue weighted by Gasteiger charge is -2.32. The fraction of sp³-hybridized carbons (Fsp3) is 0.704. The third-order valence-electron chi connectivity index (χ3n) is 6.53. The summed E-state index contributed by atoms with van der Waals surface area (Å²) in [7, 11) is -1.32. The minimum absolute atomic E-state index is 0.224. The number of amides is 2. The van der Waals surface area contributed by atoms with Crippen molar-refractivity contribution in [3.05, 3.63) is 24.3 Å². The molecule has 1 aliphatic heterocycles. The number of carbonyl (C=O) groups is 2. The van der Waals surface area contributed by atoms with Crippen molar-refractivity contribution in [2.45, 2.75) is 97.7 Å². The van der Waals surface area contributed by atoms with E-state index < -0.39 is 19.0 Å². The Bertz CT molecular complexity index is 736. The van der Waals surface area contributed by atoms with Crippen LogP contribution in [0.3, 0.4) is 0 Å². The molecule has 0 bridgehead atoms. The van der Waals surface area contributed by atoms with Crippen molar-refractivity contribution in [2.24, 2.45) is 0 Å². The second-order valence-corrected chi connectivity index (χ2v) is 14.8. The summed E-state index contributed by atoms with van der Waals surface area (Å²) in [5, 5.41) is 2.77. The van der Waals surface area contributed by atoms with Gasteiger partial charge in [-0.15, -0.1) is 0 Å². The molecule has 186 valence electrons. The minimum Gasteiger partial charge on any atom is -0.444 e. The molecule has 1 heterocycles. The van der Waals surface area contributed by atoms with Crippen molar-refractivity contribution in [1.82, 2.24) is 0 Å². The molecular formula is C27H46N2O3P+. The molecule has 33 heavy (non-hydrogen) atoms. The fourth-order valence-corrected chi connectivity index (χ4v) is 10.5. The number of benzene rings is 1. The normalized spacial score (nSPS) is 16.8. The molecule has 2 amide bonds. The molecule has 1 unspecified atom stereocenters. The van der Waals surface area contributed by atoms with Crippen LogP contribution in [0, 0.1) is 0 Å². The van der Waals surface area contributed by atoms with Crippen molar-refractivity contribution >= 4 is 30.6 Å². The van der Waals surface area contributed by atoms with Crippen LogP contribution < -0.4 is 10.2 Å². The number of nitrogens with zero attached hydrogens (tertiary/aromatic N) is 1. The lowest BCUT2D eigenvalue weighted by Crippen LogP contribution is -2.33. The van der Waals surface area contributed by atoms with Gasteiger partial charge in [0.15, 0.2) is 0 Å². The summed E-state index contributed by atoms with van der Waals surface area (Å²) in [6.07, 6.45) is 11.7. The molecule has 1 atom stereocenters. The maximum absolute atomic E-state index is 13.7. The van der Waals surface area contributed by atoms with E-state index in [2.05, 4.69) is 26.1 Å². The molecule has 1 aliphatic rings. The van der Waals surface area contributed by atoms with E-state index in [-0.39, 0.29) is 5.66 Å². The quantitative estimate of drug-likeness (QED) is 0.316. The molecule has 5 nitrogen and oxygen atoms in total. The van der Waals surface area contributed by atoms with Crippen LogP contribution in [0.1, 0.15) is 86.5 Å². The van der Waals surface area contributed by atoms with Gasteiger partial charge in [-0.05, 0) is 64.3 Å². The Morgan fingerprint density at radius 2 is 1.52 bits per heavy atom. The van der Waals surface area contributed by atoms with Gasteiger partial charge in [0.25, 0.3) is 5.91 Å². The third-order valence-corrected chi connectivity index (χ3v) is 12.0. The van der Waals surface area contributed by atoms with Gasteiger partial charge in [0.05, 0.1) is 18.5 Å². The zero-order valence-electron chi connectivity index (χ0n) is 21.8. The summed E-state index contributed by atoms with van der Waals surface area (Å²) in [5.41, 5.74) is 1.29. The molecule has 1 fully saturated rings. The van der Waals surface area contributed by atoms with Crippen molar-refractivity contribution in [3.8, 4) is 0 Å². The van der Waals surface area contributed by atoms with E-state index >= 15 is 0 Å². The van der Waals surface area contributed by atoms with Crippen LogP contribution in [0.25, 0.3) is 0 Å². The van der Waals surface area contributed by atoms with E-state index in [1.165, 1.54) is 57.0 Å². The van der Waals surface area contributed by atoms with E-state index in [9.17, 15) is 9.59 Å². The number of ether oxygens (including phenoxy) is 1. The van der Waals surface area contributed by atoms with Crippen LogP contribution in [0.5, 0.6) is 0 Å². The number of rotatable bonds is 12. The van der Waals surface area contributed by atoms with Crippen LogP contribution in [-0.2, 0) is 9.53 Å². The first-order valence-electron chi connectivity index (χ1n) is 12.9. The highest BCUT2D eigenvalue weighted by Gasteiger charge is 2.52. The number of anilines is 2. The summed E-state index contributed by atoms with van der Waals surface area (Å²) >= 11 is 0. The van der Waals surface area contributed by atoms with Crippen LogP contribution >= 0.6 is 7.26 Å². The van der Waals surface area contributed by atoms with Crippen LogP contribution in [0.15, 0.2) is 24.3 Å². The summed E-state index contributed by atoms with van der Waals surface area (Å²) in [6.45, 7) is 13.1. The fourth-order valence-electron chi connectivity index (χ4n) is 4.80. The summed E-state index contributed by atoms with van der Waals surface area (Å²) in [5.74, 6) is 0.333. The van der Waals surface area contributed by atoms with E-state index in [0.717, 1.165) is 18.7 Å². The van der Waals surface area contributed by atoms with E-state index in [1.807, 2.05) is 49.9 Å². The predicted molar refractivity (Wildman–Crippen MR) is 143 cm³/mol. The zero-order valence-corrected chi connectivity index (χ0v) is 22.7. The lowest BCUT2D eigenvalue weighted by atomic mass is 10.2. The minimum atomic E-state index is -1.32. The maximum Gasteiger partial charge on any atom is 0.412 e. The van der Waals surface area contributed by atoms with Gasteiger partial charge in [0, 0.05) is 31.6 Å². The molecule has 1 N–H and O–H groups in total. The van der Waals surface area contributed by atoms with Crippen molar-refractivity contribution in [1.29, 1.82) is 0 Å². The number of carbonyl (C=O) groups excluding carboxylic acids is 2. The number of hydrogen-bond acceptors (Lipinski definition) is 3. The Labute approximate surface area is 202 Å². The Kier molecular flexibility index (Phi) is 10.7. The average Bonchev–Trinajstić information content (AvgIpc) is 3.14. The summed E-state index contributed by atoms with van der Waals surface area (Å²) in [6, 6.07) is 7.59. The summed E-state index contributed by atoms with van der Waals surface area (Å²) in [4.78, 5) is 27.8.